The highest BCUT2D eigenvalue weighted by atomic mass is 16.3. The van der Waals surface area contributed by atoms with Crippen LogP contribution in [-0.2, 0) is 6.54 Å². The summed E-state index contributed by atoms with van der Waals surface area (Å²) in [6.45, 7) is 4.61. The summed E-state index contributed by atoms with van der Waals surface area (Å²) in [5, 5.41) is 11.8. The summed E-state index contributed by atoms with van der Waals surface area (Å²) in [6.07, 6.45) is 4.99. The molecular weight excluding hydrogens is 382 g/mol. The molecule has 0 fully saturated rings. The van der Waals surface area contributed by atoms with Gasteiger partial charge in [-0.3, -0.25) is 19.4 Å². The predicted molar refractivity (Wildman–Crippen MR) is 113 cm³/mol. The second-order valence-electron chi connectivity index (χ2n) is 7.22. The summed E-state index contributed by atoms with van der Waals surface area (Å²) in [6, 6.07) is 8.67. The molecule has 4 aromatic rings. The molecule has 0 atom stereocenters. The number of fused-ring (bicyclic) bond motifs is 2. The molecule has 0 saturated carbocycles. The van der Waals surface area contributed by atoms with Gasteiger partial charge in [0.25, 0.3) is 11.5 Å². The lowest BCUT2D eigenvalue weighted by Crippen LogP contribution is -2.35. The Morgan fingerprint density at radius 2 is 2.10 bits per heavy atom. The van der Waals surface area contributed by atoms with E-state index in [9.17, 15) is 9.59 Å². The molecular formula is C22H23N5O3. The van der Waals surface area contributed by atoms with Gasteiger partial charge in [-0.15, -0.1) is 0 Å². The van der Waals surface area contributed by atoms with Crippen molar-refractivity contribution >= 4 is 22.6 Å². The first kappa shape index (κ1) is 19.6. The van der Waals surface area contributed by atoms with Crippen LogP contribution in [0.5, 0.6) is 0 Å². The number of carbonyl (C=O) groups excluding carboxylic acids is 1. The fraction of sp³-hybridized carbons (Fsp3) is 0.273. The maximum Gasteiger partial charge on any atom is 0.267 e. The van der Waals surface area contributed by atoms with E-state index >= 15 is 0 Å². The van der Waals surface area contributed by atoms with Crippen LogP contribution in [0.1, 0.15) is 41.4 Å². The summed E-state index contributed by atoms with van der Waals surface area (Å²) >= 11 is 0. The zero-order chi connectivity index (χ0) is 21.3. The van der Waals surface area contributed by atoms with Crippen molar-refractivity contribution in [3.05, 3.63) is 75.5 Å². The number of nitrogens with zero attached hydrogens (tertiary/aromatic N) is 3. The zero-order valence-electron chi connectivity index (χ0n) is 16.9. The lowest BCUT2D eigenvalue weighted by molar-refractivity contribution is 0.0950. The summed E-state index contributed by atoms with van der Waals surface area (Å²) in [4.78, 5) is 30.7. The molecule has 4 heterocycles. The van der Waals surface area contributed by atoms with E-state index in [1.807, 2.05) is 19.9 Å². The van der Waals surface area contributed by atoms with Gasteiger partial charge in [-0.25, -0.2) is 4.98 Å². The molecule has 0 bridgehead atoms. The minimum absolute atomic E-state index is 0.0160. The van der Waals surface area contributed by atoms with Crippen molar-refractivity contribution in [2.45, 2.75) is 33.2 Å². The van der Waals surface area contributed by atoms with Gasteiger partial charge in [0.05, 0.1) is 23.8 Å². The number of amides is 1. The van der Waals surface area contributed by atoms with Crippen molar-refractivity contribution in [1.29, 1.82) is 5.41 Å². The van der Waals surface area contributed by atoms with Gasteiger partial charge in [-0.05, 0) is 43.2 Å². The minimum Gasteiger partial charge on any atom is -0.467 e. The third-order valence-corrected chi connectivity index (χ3v) is 5.09. The van der Waals surface area contributed by atoms with Crippen LogP contribution in [0.4, 0.5) is 0 Å². The van der Waals surface area contributed by atoms with E-state index in [4.69, 9.17) is 9.83 Å². The van der Waals surface area contributed by atoms with Crippen LogP contribution < -0.4 is 16.4 Å². The maximum absolute atomic E-state index is 13.2. The number of hydrogen-bond acceptors (Lipinski definition) is 5. The Hall–Kier alpha value is -3.68. The highest BCUT2D eigenvalue weighted by Gasteiger charge is 2.18. The van der Waals surface area contributed by atoms with Gasteiger partial charge in [0.15, 0.2) is 0 Å². The standard InChI is InChI=1S/C22H23N5O3/c1-3-4-9-24-21(28)16-12-17-20(27(18(16)23)13-15-8-6-11-30-15)25-19-14(2)7-5-10-26(19)22(17)29/h5-8,10-12,23H,3-4,9,13H2,1-2H3,(H,24,28). The normalized spacial score (nSPS) is 11.3. The molecule has 8 heteroatoms. The number of pyridine rings is 2. The maximum atomic E-state index is 13.2. The van der Waals surface area contributed by atoms with E-state index in [1.54, 1.807) is 35.2 Å². The molecule has 2 N–H and O–H groups in total. The lowest BCUT2D eigenvalue weighted by Gasteiger charge is -2.14. The highest BCUT2D eigenvalue weighted by Crippen LogP contribution is 2.14. The summed E-state index contributed by atoms with van der Waals surface area (Å²) in [5.74, 6) is 0.224. The molecule has 0 aliphatic carbocycles. The molecule has 0 aromatic carbocycles. The highest BCUT2D eigenvalue weighted by molar-refractivity contribution is 5.96. The number of carbonyl (C=O) groups is 1. The Labute approximate surface area is 172 Å². The number of unbranched alkanes of at least 4 members (excludes halogenated alkanes) is 1. The number of hydrogen-bond donors (Lipinski definition) is 2. The summed E-state index contributed by atoms with van der Waals surface area (Å²) < 4.78 is 8.47. The minimum atomic E-state index is -0.378. The van der Waals surface area contributed by atoms with Crippen molar-refractivity contribution < 1.29 is 9.21 Å². The number of furan rings is 1. The molecule has 4 aromatic heterocycles. The van der Waals surface area contributed by atoms with Crippen molar-refractivity contribution in [2.24, 2.45) is 0 Å². The Bertz CT molecular complexity index is 1350. The average molecular weight is 405 g/mol. The molecule has 4 rings (SSSR count). The second kappa shape index (κ2) is 7.98. The van der Waals surface area contributed by atoms with Gasteiger partial charge >= 0.3 is 0 Å². The van der Waals surface area contributed by atoms with Crippen LogP contribution in [-0.4, -0.2) is 26.4 Å². The molecule has 0 aliphatic heterocycles. The van der Waals surface area contributed by atoms with E-state index in [-0.39, 0.29) is 34.4 Å². The molecule has 30 heavy (non-hydrogen) atoms. The van der Waals surface area contributed by atoms with Crippen LogP contribution in [0.25, 0.3) is 16.7 Å². The molecule has 0 radical (unpaired) electrons. The molecule has 0 unspecified atom stereocenters. The summed E-state index contributed by atoms with van der Waals surface area (Å²) in [7, 11) is 0. The van der Waals surface area contributed by atoms with Gasteiger partial charge < -0.3 is 14.3 Å². The van der Waals surface area contributed by atoms with Gasteiger partial charge in [0.2, 0.25) is 0 Å². The Balaban J connectivity index is 2.00. The van der Waals surface area contributed by atoms with E-state index in [0.29, 0.717) is 23.6 Å². The first-order chi connectivity index (χ1) is 14.5. The van der Waals surface area contributed by atoms with Crippen LogP contribution in [0.2, 0.25) is 0 Å². The fourth-order valence-electron chi connectivity index (χ4n) is 3.46. The van der Waals surface area contributed by atoms with Gasteiger partial charge in [-0.1, -0.05) is 19.4 Å². The number of aryl methyl sites for hydroxylation is 1. The molecule has 0 saturated heterocycles. The van der Waals surface area contributed by atoms with Gasteiger partial charge in [0, 0.05) is 12.7 Å². The Kier molecular flexibility index (Phi) is 5.22. The number of nitrogens with one attached hydrogen (secondary N) is 2. The number of aromatic nitrogens is 3. The van der Waals surface area contributed by atoms with Gasteiger partial charge in [0.1, 0.15) is 22.5 Å². The van der Waals surface area contributed by atoms with E-state index in [1.165, 1.54) is 10.5 Å². The quantitative estimate of drug-likeness (QED) is 0.380. The van der Waals surface area contributed by atoms with Crippen molar-refractivity contribution in [2.75, 3.05) is 6.54 Å². The first-order valence-electron chi connectivity index (χ1n) is 9.92. The largest absolute Gasteiger partial charge is 0.467 e. The van der Waals surface area contributed by atoms with Crippen LogP contribution >= 0.6 is 0 Å². The first-order valence-corrected chi connectivity index (χ1v) is 9.92. The fourth-order valence-corrected chi connectivity index (χ4v) is 3.46. The second-order valence-corrected chi connectivity index (χ2v) is 7.22. The lowest BCUT2D eigenvalue weighted by atomic mass is 10.2. The van der Waals surface area contributed by atoms with Crippen molar-refractivity contribution in [3.63, 3.8) is 0 Å². The molecule has 154 valence electrons. The zero-order valence-corrected chi connectivity index (χ0v) is 16.9. The smallest absolute Gasteiger partial charge is 0.267 e. The Morgan fingerprint density at radius 1 is 1.27 bits per heavy atom. The average Bonchev–Trinajstić information content (AvgIpc) is 3.24. The molecule has 8 nitrogen and oxygen atoms in total. The number of rotatable bonds is 6. The third kappa shape index (κ3) is 3.41. The summed E-state index contributed by atoms with van der Waals surface area (Å²) in [5.41, 5.74) is 1.54. The third-order valence-electron chi connectivity index (χ3n) is 5.09. The molecule has 1 amide bonds. The molecule has 0 aliphatic rings. The Morgan fingerprint density at radius 3 is 2.83 bits per heavy atom. The van der Waals surface area contributed by atoms with Gasteiger partial charge in [-0.2, -0.15) is 0 Å². The van der Waals surface area contributed by atoms with E-state index < -0.39 is 0 Å². The topological polar surface area (TPSA) is 105 Å². The van der Waals surface area contributed by atoms with Crippen molar-refractivity contribution in [1.82, 2.24) is 19.3 Å². The van der Waals surface area contributed by atoms with E-state index in [2.05, 4.69) is 10.3 Å². The van der Waals surface area contributed by atoms with Crippen LogP contribution in [0.15, 0.2) is 52.0 Å². The van der Waals surface area contributed by atoms with Crippen LogP contribution in [0.3, 0.4) is 0 Å². The van der Waals surface area contributed by atoms with E-state index in [0.717, 1.165) is 18.4 Å². The predicted octanol–water partition coefficient (Wildman–Crippen LogP) is 2.61. The van der Waals surface area contributed by atoms with Crippen molar-refractivity contribution in [3.8, 4) is 0 Å². The van der Waals surface area contributed by atoms with Crippen LogP contribution in [0, 0.1) is 12.3 Å². The molecule has 0 spiro atoms. The monoisotopic (exact) mass is 405 g/mol. The SMILES string of the molecule is CCCCNC(=O)c1cc2c(=O)n3cccc(C)c3nc2n(Cc2ccco2)c1=N.